The molecule has 6 heteroatoms. The van der Waals surface area contributed by atoms with E-state index >= 15 is 0 Å². The number of ether oxygens (including phenoxy) is 1. The number of nitriles is 1. The predicted molar refractivity (Wildman–Crippen MR) is 82.4 cm³/mol. The average molecular weight is 312 g/mol. The Morgan fingerprint density at radius 3 is 3.04 bits per heavy atom. The zero-order valence-electron chi connectivity index (χ0n) is 12.9. The molecule has 3 aliphatic rings. The third-order valence-corrected chi connectivity index (χ3v) is 5.27. The molecule has 1 aromatic rings. The minimum absolute atomic E-state index is 0.0734. The van der Waals surface area contributed by atoms with E-state index in [2.05, 4.69) is 16.4 Å². The summed E-state index contributed by atoms with van der Waals surface area (Å²) in [5.74, 6) is 1.03. The summed E-state index contributed by atoms with van der Waals surface area (Å²) in [6.07, 6.45) is 5.35. The maximum absolute atomic E-state index is 12.7. The summed E-state index contributed by atoms with van der Waals surface area (Å²) in [6.45, 7) is 0.709. The van der Waals surface area contributed by atoms with Crippen molar-refractivity contribution in [1.82, 2.24) is 15.2 Å². The highest BCUT2D eigenvalue weighted by atomic mass is 16.5. The number of amides is 1. The Kier molecular flexibility index (Phi) is 3.66. The number of rotatable bonds is 3. The molecule has 4 rings (SSSR count). The number of likely N-dealkylation sites (tertiary alicyclic amines) is 1. The molecule has 1 aromatic heterocycles. The van der Waals surface area contributed by atoms with Crippen molar-refractivity contribution in [2.24, 2.45) is 5.92 Å². The second-order valence-electron chi connectivity index (χ2n) is 6.63. The first-order valence-corrected chi connectivity index (χ1v) is 8.30. The highest BCUT2D eigenvalue weighted by molar-refractivity contribution is 5.83. The van der Waals surface area contributed by atoms with Crippen molar-refractivity contribution in [3.63, 3.8) is 0 Å². The normalized spacial score (nSPS) is 35.3. The van der Waals surface area contributed by atoms with Gasteiger partial charge in [-0.15, -0.1) is 0 Å². The summed E-state index contributed by atoms with van der Waals surface area (Å²) in [5.41, 5.74) is 0. The van der Waals surface area contributed by atoms with E-state index in [1.807, 2.05) is 18.2 Å². The van der Waals surface area contributed by atoms with Gasteiger partial charge in [0, 0.05) is 24.8 Å². The van der Waals surface area contributed by atoms with Crippen LogP contribution in [0.5, 0.6) is 5.88 Å². The van der Waals surface area contributed by atoms with E-state index in [1.165, 1.54) is 0 Å². The maximum atomic E-state index is 12.7. The largest absolute Gasteiger partial charge is 0.473 e. The molecule has 2 aliphatic heterocycles. The Morgan fingerprint density at radius 1 is 1.43 bits per heavy atom. The minimum Gasteiger partial charge on any atom is -0.473 e. The molecule has 0 aromatic carbocycles. The van der Waals surface area contributed by atoms with E-state index in [0.29, 0.717) is 18.3 Å². The molecule has 2 saturated heterocycles. The molecular weight excluding hydrogens is 292 g/mol. The summed E-state index contributed by atoms with van der Waals surface area (Å²) in [5, 5.41) is 12.6. The summed E-state index contributed by atoms with van der Waals surface area (Å²) in [6, 6.07) is 7.67. The van der Waals surface area contributed by atoms with E-state index in [-0.39, 0.29) is 30.1 Å². The van der Waals surface area contributed by atoms with E-state index in [0.717, 1.165) is 25.7 Å². The molecule has 1 amide bonds. The molecule has 3 fully saturated rings. The van der Waals surface area contributed by atoms with Crippen LogP contribution in [0.4, 0.5) is 0 Å². The minimum atomic E-state index is -0.246. The number of aromatic nitrogens is 1. The van der Waals surface area contributed by atoms with Gasteiger partial charge >= 0.3 is 0 Å². The van der Waals surface area contributed by atoms with Crippen LogP contribution >= 0.6 is 0 Å². The van der Waals surface area contributed by atoms with Crippen molar-refractivity contribution in [3.05, 3.63) is 24.4 Å². The van der Waals surface area contributed by atoms with Crippen LogP contribution in [0.15, 0.2) is 24.4 Å². The number of nitrogens with zero attached hydrogens (tertiary/aromatic N) is 3. The Labute approximate surface area is 135 Å². The van der Waals surface area contributed by atoms with Crippen LogP contribution in [0.25, 0.3) is 0 Å². The van der Waals surface area contributed by atoms with Gasteiger partial charge in [0.25, 0.3) is 0 Å². The van der Waals surface area contributed by atoms with Gasteiger partial charge in [-0.1, -0.05) is 6.07 Å². The van der Waals surface area contributed by atoms with Crippen molar-refractivity contribution >= 4 is 5.91 Å². The van der Waals surface area contributed by atoms with Crippen LogP contribution in [0.3, 0.4) is 0 Å². The van der Waals surface area contributed by atoms with Gasteiger partial charge < -0.3 is 9.64 Å². The number of pyridine rings is 1. The SMILES string of the molecule is N#C[C@@H]1CCCN1C(=O)[C@H]1N[C@@H]2C[C@H]1C[C@H]2Oc1ccccn1. The van der Waals surface area contributed by atoms with Gasteiger partial charge in [-0.3, -0.25) is 10.1 Å². The lowest BCUT2D eigenvalue weighted by Crippen LogP contribution is -2.54. The predicted octanol–water partition coefficient (Wildman–Crippen LogP) is 1.09. The molecule has 0 spiro atoms. The second kappa shape index (κ2) is 5.82. The van der Waals surface area contributed by atoms with E-state index < -0.39 is 0 Å². The van der Waals surface area contributed by atoms with Crippen LogP contribution in [0.1, 0.15) is 25.7 Å². The van der Waals surface area contributed by atoms with Crippen LogP contribution < -0.4 is 10.1 Å². The van der Waals surface area contributed by atoms with E-state index in [1.54, 1.807) is 11.1 Å². The summed E-state index contributed by atoms with van der Waals surface area (Å²) in [4.78, 5) is 18.7. The maximum Gasteiger partial charge on any atom is 0.241 e. The van der Waals surface area contributed by atoms with Crippen LogP contribution in [0.2, 0.25) is 0 Å². The van der Waals surface area contributed by atoms with E-state index in [9.17, 15) is 10.1 Å². The summed E-state index contributed by atoms with van der Waals surface area (Å²) >= 11 is 0. The van der Waals surface area contributed by atoms with Crippen molar-refractivity contribution in [1.29, 1.82) is 5.26 Å². The Bertz CT molecular complexity index is 629. The molecule has 0 unspecified atom stereocenters. The lowest BCUT2D eigenvalue weighted by molar-refractivity contribution is -0.134. The fourth-order valence-electron chi connectivity index (χ4n) is 4.17. The quantitative estimate of drug-likeness (QED) is 0.904. The monoisotopic (exact) mass is 312 g/mol. The van der Waals surface area contributed by atoms with Gasteiger partial charge in [0.2, 0.25) is 11.8 Å². The molecule has 1 aliphatic carbocycles. The first-order valence-electron chi connectivity index (χ1n) is 8.30. The smallest absolute Gasteiger partial charge is 0.241 e. The number of fused-ring (bicyclic) bond motifs is 2. The lowest BCUT2D eigenvalue weighted by Gasteiger charge is -2.32. The number of carbonyl (C=O) groups excluding carboxylic acids is 1. The lowest BCUT2D eigenvalue weighted by atomic mass is 9.97. The van der Waals surface area contributed by atoms with Crippen molar-refractivity contribution in [2.45, 2.75) is 49.9 Å². The number of piperidine rings is 1. The molecule has 0 radical (unpaired) electrons. The highest BCUT2D eigenvalue weighted by Crippen LogP contribution is 2.38. The van der Waals surface area contributed by atoms with Gasteiger partial charge in [-0.05, 0) is 37.7 Å². The fraction of sp³-hybridized carbons (Fsp3) is 0.588. The first kappa shape index (κ1) is 14.5. The summed E-state index contributed by atoms with van der Waals surface area (Å²) < 4.78 is 5.95. The third-order valence-electron chi connectivity index (χ3n) is 5.27. The Morgan fingerprint density at radius 2 is 2.35 bits per heavy atom. The molecule has 5 atom stereocenters. The van der Waals surface area contributed by atoms with Crippen molar-refractivity contribution in [3.8, 4) is 11.9 Å². The summed E-state index contributed by atoms with van der Waals surface area (Å²) in [7, 11) is 0. The molecular formula is C17H20N4O2. The van der Waals surface area contributed by atoms with Gasteiger partial charge in [-0.25, -0.2) is 4.98 Å². The highest BCUT2D eigenvalue weighted by Gasteiger charge is 2.51. The third kappa shape index (κ3) is 2.55. The zero-order valence-corrected chi connectivity index (χ0v) is 12.9. The van der Waals surface area contributed by atoms with Gasteiger partial charge in [0.05, 0.1) is 12.1 Å². The number of hydrogen-bond acceptors (Lipinski definition) is 5. The molecule has 3 heterocycles. The number of carbonyl (C=O) groups is 1. The molecule has 6 nitrogen and oxygen atoms in total. The fourth-order valence-corrected chi connectivity index (χ4v) is 4.17. The van der Waals surface area contributed by atoms with Gasteiger partial charge in [0.15, 0.2) is 0 Å². The average Bonchev–Trinajstić information content (AvgIpc) is 3.30. The Balaban J connectivity index is 1.39. The van der Waals surface area contributed by atoms with Crippen molar-refractivity contribution < 1.29 is 9.53 Å². The molecule has 1 saturated carbocycles. The molecule has 120 valence electrons. The van der Waals surface area contributed by atoms with Crippen molar-refractivity contribution in [2.75, 3.05) is 6.54 Å². The number of hydrogen-bond donors (Lipinski definition) is 1. The van der Waals surface area contributed by atoms with E-state index in [4.69, 9.17) is 4.74 Å². The first-order chi connectivity index (χ1) is 11.3. The standard InChI is InChI=1S/C17H20N4O2/c18-10-12-4-3-7-21(12)17(22)16-11-8-13(20-16)14(9-11)23-15-5-1-2-6-19-15/h1-2,5-6,11-14,16,20H,3-4,7-9H2/t11-,12-,13+,14+,16-/m0/s1. The molecule has 1 N–H and O–H groups in total. The molecule has 2 bridgehead atoms. The van der Waals surface area contributed by atoms with Crippen LogP contribution in [-0.4, -0.2) is 46.6 Å². The topological polar surface area (TPSA) is 78.2 Å². The number of nitrogens with one attached hydrogen (secondary N) is 1. The van der Waals surface area contributed by atoms with Gasteiger partial charge in [0.1, 0.15) is 12.1 Å². The molecule has 23 heavy (non-hydrogen) atoms. The Hall–Kier alpha value is -2.13. The second-order valence-corrected chi connectivity index (χ2v) is 6.63. The van der Waals surface area contributed by atoms with Crippen LogP contribution in [-0.2, 0) is 4.79 Å². The van der Waals surface area contributed by atoms with Crippen LogP contribution in [0, 0.1) is 17.2 Å². The van der Waals surface area contributed by atoms with Gasteiger partial charge in [-0.2, -0.15) is 5.26 Å². The zero-order chi connectivity index (χ0) is 15.8.